The van der Waals surface area contributed by atoms with E-state index in [1.807, 2.05) is 6.07 Å². The van der Waals surface area contributed by atoms with E-state index in [9.17, 15) is 14.4 Å². The van der Waals surface area contributed by atoms with E-state index in [1.54, 1.807) is 55.5 Å². The number of nitrogens with one attached hydrogen (secondary N) is 1. The lowest BCUT2D eigenvalue weighted by Crippen LogP contribution is -2.28. The molecular formula is C21H19N3O4. The van der Waals surface area contributed by atoms with Crippen LogP contribution in [0.1, 0.15) is 29.3 Å². The Kier molecular flexibility index (Phi) is 5.70. The van der Waals surface area contributed by atoms with Crippen LogP contribution in [0.15, 0.2) is 48.5 Å². The molecule has 2 amide bonds. The van der Waals surface area contributed by atoms with Crippen LogP contribution in [0.5, 0.6) is 0 Å². The van der Waals surface area contributed by atoms with Gasteiger partial charge in [0.25, 0.3) is 0 Å². The largest absolute Gasteiger partial charge is 0.462 e. The number of carbonyl (C=O) groups excluding carboxylic acids is 3. The number of benzene rings is 2. The minimum absolute atomic E-state index is 0.101. The summed E-state index contributed by atoms with van der Waals surface area (Å²) in [6.07, 6.45) is 0.101. The molecule has 1 heterocycles. The first-order valence-corrected chi connectivity index (χ1v) is 8.90. The average molecular weight is 377 g/mol. The van der Waals surface area contributed by atoms with Crippen molar-refractivity contribution in [1.82, 2.24) is 0 Å². The number of esters is 1. The summed E-state index contributed by atoms with van der Waals surface area (Å²) in [6.45, 7) is 2.28. The van der Waals surface area contributed by atoms with Crippen molar-refractivity contribution in [3.8, 4) is 6.07 Å². The van der Waals surface area contributed by atoms with Gasteiger partial charge in [-0.15, -0.1) is 0 Å². The van der Waals surface area contributed by atoms with Crippen LogP contribution in [-0.4, -0.2) is 30.9 Å². The molecule has 3 rings (SSSR count). The lowest BCUT2D eigenvalue weighted by molar-refractivity contribution is -0.122. The summed E-state index contributed by atoms with van der Waals surface area (Å²) in [5.41, 5.74) is 2.00. The predicted octanol–water partition coefficient (Wildman–Crippen LogP) is 2.73. The van der Waals surface area contributed by atoms with Crippen molar-refractivity contribution in [3.05, 3.63) is 59.7 Å². The fourth-order valence-electron chi connectivity index (χ4n) is 3.04. The Bertz CT molecular complexity index is 947. The summed E-state index contributed by atoms with van der Waals surface area (Å²) in [4.78, 5) is 38.2. The first-order chi connectivity index (χ1) is 13.5. The number of carbonyl (C=O) groups is 3. The molecule has 1 aliphatic heterocycles. The third kappa shape index (κ3) is 4.18. The lowest BCUT2D eigenvalue weighted by atomic mass is 10.1. The van der Waals surface area contributed by atoms with Crippen molar-refractivity contribution in [3.63, 3.8) is 0 Å². The Morgan fingerprint density at radius 3 is 2.68 bits per heavy atom. The highest BCUT2D eigenvalue weighted by molar-refractivity contribution is 6.03. The minimum atomic E-state index is -0.497. The van der Waals surface area contributed by atoms with Crippen LogP contribution >= 0.6 is 0 Å². The van der Waals surface area contributed by atoms with Gasteiger partial charge in [0.15, 0.2) is 0 Å². The van der Waals surface area contributed by atoms with Crippen molar-refractivity contribution < 1.29 is 19.1 Å². The predicted molar refractivity (Wildman–Crippen MR) is 103 cm³/mol. The van der Waals surface area contributed by atoms with E-state index in [0.717, 1.165) is 0 Å². The van der Waals surface area contributed by atoms with Gasteiger partial charge in [-0.3, -0.25) is 9.59 Å². The van der Waals surface area contributed by atoms with E-state index in [0.29, 0.717) is 29.1 Å². The van der Waals surface area contributed by atoms with Gasteiger partial charge in [-0.2, -0.15) is 5.26 Å². The van der Waals surface area contributed by atoms with Crippen molar-refractivity contribution in [1.29, 1.82) is 5.26 Å². The fourth-order valence-corrected chi connectivity index (χ4v) is 3.04. The van der Waals surface area contributed by atoms with Crippen LogP contribution < -0.4 is 10.2 Å². The summed E-state index contributed by atoms with van der Waals surface area (Å²) >= 11 is 0. The molecule has 0 bridgehead atoms. The topological polar surface area (TPSA) is 99.5 Å². The smallest absolute Gasteiger partial charge is 0.338 e. The van der Waals surface area contributed by atoms with Crippen molar-refractivity contribution in [2.24, 2.45) is 5.92 Å². The summed E-state index contributed by atoms with van der Waals surface area (Å²) in [7, 11) is 0. The maximum atomic E-state index is 12.5. The second-order valence-electron chi connectivity index (χ2n) is 6.35. The number of nitriles is 1. The van der Waals surface area contributed by atoms with Gasteiger partial charge >= 0.3 is 5.97 Å². The van der Waals surface area contributed by atoms with Crippen LogP contribution in [0.25, 0.3) is 0 Å². The number of amides is 2. The number of ether oxygens (including phenoxy) is 1. The van der Waals surface area contributed by atoms with E-state index in [4.69, 9.17) is 10.00 Å². The lowest BCUT2D eigenvalue weighted by Gasteiger charge is -2.17. The number of nitrogens with zero attached hydrogens (tertiary/aromatic N) is 2. The highest BCUT2D eigenvalue weighted by atomic mass is 16.5. The second kappa shape index (κ2) is 8.35. The molecule has 1 fully saturated rings. The third-order valence-corrected chi connectivity index (χ3v) is 4.45. The third-order valence-electron chi connectivity index (χ3n) is 4.45. The zero-order valence-electron chi connectivity index (χ0n) is 15.3. The van der Waals surface area contributed by atoms with Crippen LogP contribution in [0.2, 0.25) is 0 Å². The van der Waals surface area contributed by atoms with Crippen LogP contribution in [0.4, 0.5) is 11.4 Å². The van der Waals surface area contributed by atoms with E-state index in [-0.39, 0.29) is 24.8 Å². The number of anilines is 2. The molecule has 142 valence electrons. The molecule has 1 aliphatic rings. The summed E-state index contributed by atoms with van der Waals surface area (Å²) in [5, 5.41) is 11.7. The van der Waals surface area contributed by atoms with E-state index < -0.39 is 11.9 Å². The summed E-state index contributed by atoms with van der Waals surface area (Å²) in [5.74, 6) is -1.34. The van der Waals surface area contributed by atoms with Gasteiger partial charge < -0.3 is 15.0 Å². The molecule has 1 unspecified atom stereocenters. The molecule has 2 aromatic rings. The Morgan fingerprint density at radius 2 is 2.00 bits per heavy atom. The van der Waals surface area contributed by atoms with E-state index >= 15 is 0 Å². The zero-order chi connectivity index (χ0) is 20.1. The van der Waals surface area contributed by atoms with Gasteiger partial charge in [0.1, 0.15) is 0 Å². The number of hydrogen-bond donors (Lipinski definition) is 1. The average Bonchev–Trinajstić information content (AvgIpc) is 3.10. The monoisotopic (exact) mass is 377 g/mol. The zero-order valence-corrected chi connectivity index (χ0v) is 15.3. The van der Waals surface area contributed by atoms with Gasteiger partial charge in [-0.1, -0.05) is 6.07 Å². The summed E-state index contributed by atoms with van der Waals surface area (Å²) < 4.78 is 4.94. The van der Waals surface area contributed by atoms with Crippen molar-refractivity contribution in [2.75, 3.05) is 23.4 Å². The normalized spacial score (nSPS) is 15.8. The summed E-state index contributed by atoms with van der Waals surface area (Å²) in [6, 6.07) is 15.2. The first kappa shape index (κ1) is 19.1. The Balaban J connectivity index is 1.66. The van der Waals surface area contributed by atoms with Crippen LogP contribution in [0, 0.1) is 17.2 Å². The maximum absolute atomic E-state index is 12.5. The SMILES string of the molecule is CCOC(=O)c1ccc(N2CC(C(=O)Nc3cccc(C#N)c3)CC2=O)cc1. The van der Waals surface area contributed by atoms with E-state index in [1.165, 1.54) is 4.90 Å². The molecule has 0 aromatic heterocycles. The molecule has 0 radical (unpaired) electrons. The molecule has 1 atom stereocenters. The highest BCUT2D eigenvalue weighted by Gasteiger charge is 2.35. The fraction of sp³-hybridized carbons (Fsp3) is 0.238. The molecule has 0 spiro atoms. The van der Waals surface area contributed by atoms with Crippen molar-refractivity contribution >= 4 is 29.2 Å². The molecule has 0 saturated carbocycles. The molecule has 1 saturated heterocycles. The van der Waals surface area contributed by atoms with Gasteiger partial charge in [0, 0.05) is 24.3 Å². The molecule has 7 heteroatoms. The quantitative estimate of drug-likeness (QED) is 0.808. The molecule has 0 aliphatic carbocycles. The van der Waals surface area contributed by atoms with Gasteiger partial charge in [0.2, 0.25) is 11.8 Å². The first-order valence-electron chi connectivity index (χ1n) is 8.90. The number of rotatable bonds is 5. The molecule has 1 N–H and O–H groups in total. The minimum Gasteiger partial charge on any atom is -0.462 e. The number of hydrogen-bond acceptors (Lipinski definition) is 5. The molecule has 2 aromatic carbocycles. The van der Waals surface area contributed by atoms with Crippen LogP contribution in [0.3, 0.4) is 0 Å². The Hall–Kier alpha value is -3.66. The maximum Gasteiger partial charge on any atom is 0.338 e. The Labute approximate surface area is 162 Å². The standard InChI is InChI=1S/C21H19N3O4/c1-2-28-21(27)15-6-8-18(9-7-15)24-13-16(11-19(24)25)20(26)23-17-5-3-4-14(10-17)12-22/h3-10,16H,2,11,13H2,1H3,(H,23,26). The Morgan fingerprint density at radius 1 is 1.25 bits per heavy atom. The van der Waals surface area contributed by atoms with E-state index in [2.05, 4.69) is 5.32 Å². The highest BCUT2D eigenvalue weighted by Crippen LogP contribution is 2.26. The van der Waals surface area contributed by atoms with Gasteiger partial charge in [0.05, 0.1) is 29.7 Å². The van der Waals surface area contributed by atoms with Gasteiger partial charge in [-0.25, -0.2) is 4.79 Å². The van der Waals surface area contributed by atoms with Crippen LogP contribution in [-0.2, 0) is 14.3 Å². The second-order valence-corrected chi connectivity index (χ2v) is 6.35. The van der Waals surface area contributed by atoms with Crippen molar-refractivity contribution in [2.45, 2.75) is 13.3 Å². The molecule has 7 nitrogen and oxygen atoms in total. The van der Waals surface area contributed by atoms with Gasteiger partial charge in [-0.05, 0) is 49.4 Å². The molecule has 28 heavy (non-hydrogen) atoms. The molecular weight excluding hydrogens is 358 g/mol.